The van der Waals surface area contributed by atoms with Crippen molar-refractivity contribution in [3.63, 3.8) is 0 Å². The fourth-order valence-corrected chi connectivity index (χ4v) is 1.39. The lowest BCUT2D eigenvalue weighted by Gasteiger charge is -2.21. The van der Waals surface area contributed by atoms with Crippen LogP contribution < -0.4 is 5.32 Å². The average molecular weight is 225 g/mol. The van der Waals surface area contributed by atoms with Crippen LogP contribution in [0.1, 0.15) is 39.5 Å². The van der Waals surface area contributed by atoms with Gasteiger partial charge in [0.05, 0.1) is 0 Å². The lowest BCUT2D eigenvalue weighted by atomic mass is 10.3. The fourth-order valence-electron chi connectivity index (χ4n) is 1.39. The van der Waals surface area contributed by atoms with E-state index in [4.69, 9.17) is 0 Å². The Morgan fingerprint density at radius 1 is 1.38 bits per heavy atom. The second kappa shape index (κ2) is 10.5. The number of hydrogen-bond acceptors (Lipinski definition) is 1. The van der Waals surface area contributed by atoms with E-state index in [-0.39, 0.29) is 0 Å². The molecular weight excluding hydrogens is 198 g/mol. The summed E-state index contributed by atoms with van der Waals surface area (Å²) in [6, 6.07) is 0. The van der Waals surface area contributed by atoms with Crippen molar-refractivity contribution in [2.75, 3.05) is 26.7 Å². The van der Waals surface area contributed by atoms with Crippen LogP contribution >= 0.6 is 0 Å². The molecule has 0 aliphatic heterocycles. The highest BCUT2D eigenvalue weighted by Gasteiger charge is 2.03. The minimum absolute atomic E-state index is 0.921. The molecule has 0 aromatic heterocycles. The first kappa shape index (κ1) is 15.0. The van der Waals surface area contributed by atoms with E-state index in [9.17, 15) is 0 Å². The maximum atomic E-state index is 4.59. The van der Waals surface area contributed by atoms with E-state index in [0.717, 1.165) is 44.9 Å². The van der Waals surface area contributed by atoms with Gasteiger partial charge >= 0.3 is 0 Å². The molecule has 0 saturated carbocycles. The zero-order valence-electron chi connectivity index (χ0n) is 11.1. The summed E-state index contributed by atoms with van der Waals surface area (Å²) in [7, 11) is 2.09. The minimum Gasteiger partial charge on any atom is -0.357 e. The summed E-state index contributed by atoms with van der Waals surface area (Å²) in [5, 5.41) is 3.32. The van der Waals surface area contributed by atoms with E-state index in [2.05, 4.69) is 42.7 Å². The average Bonchev–Trinajstić information content (AvgIpc) is 2.28. The van der Waals surface area contributed by atoms with E-state index < -0.39 is 0 Å². The highest BCUT2D eigenvalue weighted by atomic mass is 15.3. The Morgan fingerprint density at radius 3 is 2.69 bits per heavy atom. The standard InChI is InChI=1S/C13H27N3/c1-5-8-10-12-16(4)13(14-7-3)15-11-9-6-2/h5H,1,6-12H2,2-4H3,(H,14,15). The summed E-state index contributed by atoms with van der Waals surface area (Å²) in [5.41, 5.74) is 0. The number of aliphatic imine (C=N–C) groups is 1. The highest BCUT2D eigenvalue weighted by Crippen LogP contribution is 1.95. The molecule has 0 saturated heterocycles. The molecule has 3 heteroatoms. The summed E-state index contributed by atoms with van der Waals surface area (Å²) in [4.78, 5) is 6.78. The number of guanidine groups is 1. The summed E-state index contributed by atoms with van der Waals surface area (Å²) in [5.74, 6) is 1.03. The van der Waals surface area contributed by atoms with Crippen molar-refractivity contribution >= 4 is 5.96 Å². The number of rotatable bonds is 8. The monoisotopic (exact) mass is 225 g/mol. The normalized spacial score (nSPS) is 11.3. The van der Waals surface area contributed by atoms with Crippen molar-refractivity contribution in [2.24, 2.45) is 4.99 Å². The van der Waals surface area contributed by atoms with E-state index >= 15 is 0 Å². The maximum absolute atomic E-state index is 4.59. The molecule has 0 aromatic carbocycles. The van der Waals surface area contributed by atoms with Crippen LogP contribution in [-0.4, -0.2) is 37.5 Å². The quantitative estimate of drug-likeness (QED) is 0.298. The van der Waals surface area contributed by atoms with Gasteiger partial charge in [-0.3, -0.25) is 4.99 Å². The third kappa shape index (κ3) is 7.32. The van der Waals surface area contributed by atoms with Gasteiger partial charge in [0.25, 0.3) is 0 Å². The molecule has 0 amide bonds. The molecule has 0 fully saturated rings. The van der Waals surface area contributed by atoms with Gasteiger partial charge in [-0.15, -0.1) is 6.58 Å². The van der Waals surface area contributed by atoms with Crippen LogP contribution in [0.2, 0.25) is 0 Å². The Balaban J connectivity index is 4.05. The van der Waals surface area contributed by atoms with E-state index in [1.165, 1.54) is 6.42 Å². The van der Waals surface area contributed by atoms with Crippen molar-refractivity contribution < 1.29 is 0 Å². The van der Waals surface area contributed by atoms with Gasteiger partial charge in [0.2, 0.25) is 0 Å². The van der Waals surface area contributed by atoms with Crippen LogP contribution in [0.4, 0.5) is 0 Å². The van der Waals surface area contributed by atoms with Crippen LogP contribution in [0.15, 0.2) is 17.6 Å². The van der Waals surface area contributed by atoms with Crippen molar-refractivity contribution in [1.29, 1.82) is 0 Å². The van der Waals surface area contributed by atoms with Crippen LogP contribution in [0.25, 0.3) is 0 Å². The number of hydrogen-bond donors (Lipinski definition) is 1. The predicted octanol–water partition coefficient (Wildman–Crippen LogP) is 2.65. The summed E-state index contributed by atoms with van der Waals surface area (Å²) >= 11 is 0. The molecule has 1 N–H and O–H groups in total. The van der Waals surface area contributed by atoms with Crippen LogP contribution in [0.3, 0.4) is 0 Å². The number of unbranched alkanes of at least 4 members (excludes halogenated alkanes) is 2. The Bertz CT molecular complexity index is 199. The molecule has 0 atom stereocenters. The first-order chi connectivity index (χ1) is 7.76. The predicted molar refractivity (Wildman–Crippen MR) is 72.9 cm³/mol. The maximum Gasteiger partial charge on any atom is 0.193 e. The van der Waals surface area contributed by atoms with Crippen molar-refractivity contribution in [3.8, 4) is 0 Å². The molecule has 0 radical (unpaired) electrons. The molecule has 3 nitrogen and oxygen atoms in total. The largest absolute Gasteiger partial charge is 0.357 e. The summed E-state index contributed by atoms with van der Waals surface area (Å²) in [6.07, 6.45) is 6.53. The zero-order valence-corrected chi connectivity index (χ0v) is 11.1. The van der Waals surface area contributed by atoms with Crippen LogP contribution in [0.5, 0.6) is 0 Å². The van der Waals surface area contributed by atoms with Crippen molar-refractivity contribution in [1.82, 2.24) is 10.2 Å². The molecule has 0 rings (SSSR count). The zero-order chi connectivity index (χ0) is 12.2. The van der Waals surface area contributed by atoms with Gasteiger partial charge in [0.1, 0.15) is 0 Å². The fraction of sp³-hybridized carbons (Fsp3) is 0.769. The van der Waals surface area contributed by atoms with Crippen molar-refractivity contribution in [3.05, 3.63) is 12.7 Å². The van der Waals surface area contributed by atoms with Crippen LogP contribution in [0, 0.1) is 0 Å². The van der Waals surface area contributed by atoms with Crippen molar-refractivity contribution in [2.45, 2.75) is 39.5 Å². The molecule has 16 heavy (non-hydrogen) atoms. The highest BCUT2D eigenvalue weighted by molar-refractivity contribution is 5.79. The van der Waals surface area contributed by atoms with Gasteiger partial charge in [-0.1, -0.05) is 19.4 Å². The molecule has 0 bridgehead atoms. The van der Waals surface area contributed by atoms with Gasteiger partial charge in [-0.05, 0) is 26.2 Å². The van der Waals surface area contributed by atoms with Crippen LogP contribution in [-0.2, 0) is 0 Å². The van der Waals surface area contributed by atoms with E-state index in [0.29, 0.717) is 0 Å². The lowest BCUT2D eigenvalue weighted by Crippen LogP contribution is -2.39. The van der Waals surface area contributed by atoms with Gasteiger partial charge < -0.3 is 10.2 Å². The molecule has 0 spiro atoms. The molecular formula is C13H27N3. The molecule has 0 heterocycles. The van der Waals surface area contributed by atoms with E-state index in [1.807, 2.05) is 6.08 Å². The van der Waals surface area contributed by atoms with Gasteiger partial charge in [-0.25, -0.2) is 0 Å². The van der Waals surface area contributed by atoms with E-state index in [1.54, 1.807) is 0 Å². The molecule has 0 aliphatic rings. The molecule has 0 aromatic rings. The lowest BCUT2D eigenvalue weighted by molar-refractivity contribution is 0.469. The molecule has 0 unspecified atom stereocenters. The SMILES string of the molecule is C=CCCCN(C)C(=NCCCC)NCC. The molecule has 0 aliphatic carbocycles. The molecule has 94 valence electrons. The van der Waals surface area contributed by atoms with Gasteiger partial charge in [-0.2, -0.15) is 0 Å². The number of nitrogens with zero attached hydrogens (tertiary/aromatic N) is 2. The third-order valence-electron chi connectivity index (χ3n) is 2.37. The van der Waals surface area contributed by atoms with Gasteiger partial charge in [0.15, 0.2) is 5.96 Å². The Labute approximate surface area is 101 Å². The summed E-state index contributed by atoms with van der Waals surface area (Å²) < 4.78 is 0. The Kier molecular flexibility index (Phi) is 9.87. The second-order valence-electron chi connectivity index (χ2n) is 3.94. The third-order valence-corrected chi connectivity index (χ3v) is 2.37. The summed E-state index contributed by atoms with van der Waals surface area (Å²) in [6.45, 7) is 10.9. The number of nitrogens with one attached hydrogen (secondary N) is 1. The number of allylic oxidation sites excluding steroid dienone is 1. The Morgan fingerprint density at radius 2 is 2.12 bits per heavy atom. The van der Waals surface area contributed by atoms with Gasteiger partial charge in [0, 0.05) is 26.7 Å². The second-order valence-corrected chi connectivity index (χ2v) is 3.94. The first-order valence-corrected chi connectivity index (χ1v) is 6.36. The topological polar surface area (TPSA) is 27.6 Å². The Hall–Kier alpha value is -0.990. The minimum atomic E-state index is 0.921. The first-order valence-electron chi connectivity index (χ1n) is 6.36. The smallest absolute Gasteiger partial charge is 0.193 e.